The van der Waals surface area contributed by atoms with Crippen LogP contribution in [0.3, 0.4) is 0 Å². The van der Waals surface area contributed by atoms with Crippen LogP contribution in [-0.2, 0) is 32.6 Å². The summed E-state index contributed by atoms with van der Waals surface area (Å²) in [5, 5.41) is 6.49. The Morgan fingerprint density at radius 2 is 2.04 bits per heavy atom. The highest BCUT2D eigenvalue weighted by Crippen LogP contribution is 2.31. The monoisotopic (exact) mass is 479 g/mol. The second kappa shape index (κ2) is 8.28. The number of guanidine groups is 1. The maximum Gasteiger partial charge on any atom is 0.435 e. The number of nitrogens with two attached hydrogens (primary N) is 1. The number of halogens is 4. The average molecular weight is 479 g/mol. The van der Waals surface area contributed by atoms with Gasteiger partial charge >= 0.3 is 6.18 Å². The van der Waals surface area contributed by atoms with Crippen molar-refractivity contribution in [1.29, 1.82) is 0 Å². The van der Waals surface area contributed by atoms with Gasteiger partial charge in [-0.05, 0) is 42.9 Å². The molecule has 9 heteroatoms. The fourth-order valence-electron chi connectivity index (χ4n) is 3.14. The molecule has 5 nitrogen and oxygen atoms in total. The number of aryl methyl sites for hydroxylation is 2. The van der Waals surface area contributed by atoms with Crippen LogP contribution in [0.1, 0.15) is 35.2 Å². The predicted molar refractivity (Wildman–Crippen MR) is 106 cm³/mol. The summed E-state index contributed by atoms with van der Waals surface area (Å²) in [6.07, 6.45) is 1.09. The number of hydrogen-bond donors (Lipinski definition) is 2. The largest absolute Gasteiger partial charge is 0.435 e. The van der Waals surface area contributed by atoms with Crippen LogP contribution in [0.25, 0.3) is 0 Å². The van der Waals surface area contributed by atoms with Gasteiger partial charge in [-0.1, -0.05) is 12.1 Å². The molecule has 0 amide bonds. The van der Waals surface area contributed by atoms with Gasteiger partial charge < -0.3 is 11.1 Å². The lowest BCUT2D eigenvalue weighted by molar-refractivity contribution is -0.142. The molecule has 1 heterocycles. The lowest BCUT2D eigenvalue weighted by Gasteiger charge is -2.19. The van der Waals surface area contributed by atoms with Crippen LogP contribution < -0.4 is 11.1 Å². The molecule has 1 aromatic carbocycles. The van der Waals surface area contributed by atoms with Crippen molar-refractivity contribution >= 4 is 35.6 Å². The maximum atomic E-state index is 13.0. The standard InChI is InChI=1S/C17H20F3N5.HI/c1-25-10-12(15(24-25)17(18,19)20)9-22-16(21)23-14-8-4-6-11-5-2-3-7-13(11)14;/h4,6,8,10H,2-3,5,7,9H2,1H3,(H3,21,22,23);1H. The summed E-state index contributed by atoms with van der Waals surface area (Å²) in [5.41, 5.74) is 8.33. The number of alkyl halides is 3. The van der Waals surface area contributed by atoms with Gasteiger partial charge in [0.1, 0.15) is 0 Å². The molecule has 2 aromatic rings. The highest BCUT2D eigenvalue weighted by Gasteiger charge is 2.36. The van der Waals surface area contributed by atoms with E-state index in [1.807, 2.05) is 12.1 Å². The second-order valence-electron chi connectivity index (χ2n) is 6.15. The Morgan fingerprint density at radius 1 is 1.31 bits per heavy atom. The highest BCUT2D eigenvalue weighted by molar-refractivity contribution is 14.0. The number of rotatable bonds is 3. The second-order valence-corrected chi connectivity index (χ2v) is 6.15. The smallest absolute Gasteiger partial charge is 0.370 e. The van der Waals surface area contributed by atoms with Gasteiger partial charge in [-0.3, -0.25) is 4.68 Å². The lowest BCUT2D eigenvalue weighted by atomic mass is 9.90. The minimum absolute atomic E-state index is 0. The first-order valence-corrected chi connectivity index (χ1v) is 8.12. The molecule has 1 aliphatic carbocycles. The third kappa shape index (κ3) is 4.68. The van der Waals surface area contributed by atoms with E-state index in [1.165, 1.54) is 30.8 Å². The van der Waals surface area contributed by atoms with E-state index in [1.54, 1.807) is 0 Å². The SMILES string of the molecule is Cn1cc(CN=C(N)Nc2cccc3c2CCCC3)c(C(F)(F)F)n1.I. The average Bonchev–Trinajstić information content (AvgIpc) is 2.95. The fraction of sp³-hybridized carbons (Fsp3) is 0.412. The summed E-state index contributed by atoms with van der Waals surface area (Å²) in [4.78, 5) is 4.06. The molecule has 0 atom stereocenters. The van der Waals surface area contributed by atoms with Crippen molar-refractivity contribution in [3.63, 3.8) is 0 Å². The van der Waals surface area contributed by atoms with Gasteiger partial charge in [0.25, 0.3) is 0 Å². The molecule has 3 N–H and O–H groups in total. The number of nitrogens with one attached hydrogen (secondary N) is 1. The summed E-state index contributed by atoms with van der Waals surface area (Å²) in [6.45, 7) is -0.184. The highest BCUT2D eigenvalue weighted by atomic mass is 127. The minimum atomic E-state index is -4.51. The van der Waals surface area contributed by atoms with Gasteiger partial charge in [0, 0.05) is 24.5 Å². The van der Waals surface area contributed by atoms with E-state index in [4.69, 9.17) is 5.73 Å². The third-order valence-electron chi connectivity index (χ3n) is 4.25. The van der Waals surface area contributed by atoms with Crippen molar-refractivity contribution < 1.29 is 13.2 Å². The first-order valence-electron chi connectivity index (χ1n) is 8.12. The maximum absolute atomic E-state index is 13.0. The first-order chi connectivity index (χ1) is 11.8. The number of aromatic nitrogens is 2. The Hall–Kier alpha value is -1.78. The van der Waals surface area contributed by atoms with Gasteiger partial charge in [-0.15, -0.1) is 24.0 Å². The van der Waals surface area contributed by atoms with Gasteiger partial charge in [0.2, 0.25) is 0 Å². The molecule has 0 unspecified atom stereocenters. The van der Waals surface area contributed by atoms with Gasteiger partial charge in [0.05, 0.1) is 6.54 Å². The minimum Gasteiger partial charge on any atom is -0.370 e. The van der Waals surface area contributed by atoms with Crippen molar-refractivity contribution in [3.8, 4) is 0 Å². The molecule has 1 aromatic heterocycles. The van der Waals surface area contributed by atoms with E-state index in [-0.39, 0.29) is 42.0 Å². The fourth-order valence-corrected chi connectivity index (χ4v) is 3.14. The molecular weight excluding hydrogens is 458 g/mol. The summed E-state index contributed by atoms with van der Waals surface area (Å²) >= 11 is 0. The van der Waals surface area contributed by atoms with E-state index in [2.05, 4.69) is 21.5 Å². The quantitative estimate of drug-likeness (QED) is 0.399. The van der Waals surface area contributed by atoms with Crippen molar-refractivity contribution in [2.45, 2.75) is 38.4 Å². The van der Waals surface area contributed by atoms with E-state index in [0.29, 0.717) is 0 Å². The molecule has 0 radical (unpaired) electrons. The summed E-state index contributed by atoms with van der Waals surface area (Å²) < 4.78 is 40.0. The summed E-state index contributed by atoms with van der Waals surface area (Å²) in [5.74, 6) is 0.0935. The zero-order chi connectivity index (χ0) is 18.0. The molecule has 0 spiro atoms. The number of aliphatic imine (C=N–C) groups is 1. The van der Waals surface area contributed by atoms with Gasteiger partial charge in [-0.25, -0.2) is 4.99 Å². The zero-order valence-electron chi connectivity index (χ0n) is 14.3. The van der Waals surface area contributed by atoms with Crippen LogP contribution in [0, 0.1) is 0 Å². The molecule has 26 heavy (non-hydrogen) atoms. The number of fused-ring (bicyclic) bond motifs is 1. The molecule has 0 saturated heterocycles. The number of benzene rings is 1. The Labute approximate surface area is 166 Å². The topological polar surface area (TPSA) is 68.2 Å². The normalized spacial score (nSPS) is 14.5. The predicted octanol–water partition coefficient (Wildman–Crippen LogP) is 3.86. The molecule has 3 rings (SSSR count). The molecule has 0 aliphatic heterocycles. The number of hydrogen-bond acceptors (Lipinski definition) is 2. The van der Waals surface area contributed by atoms with Crippen molar-refractivity contribution in [2.75, 3.05) is 5.32 Å². The van der Waals surface area contributed by atoms with E-state index >= 15 is 0 Å². The van der Waals surface area contributed by atoms with Crippen LogP contribution in [0.15, 0.2) is 29.4 Å². The first kappa shape index (κ1) is 20.5. The summed E-state index contributed by atoms with van der Waals surface area (Å²) in [7, 11) is 1.44. The van der Waals surface area contributed by atoms with Crippen molar-refractivity contribution in [1.82, 2.24) is 9.78 Å². The Morgan fingerprint density at radius 3 is 2.77 bits per heavy atom. The van der Waals surface area contributed by atoms with Gasteiger partial charge in [-0.2, -0.15) is 18.3 Å². The van der Waals surface area contributed by atoms with Crippen molar-refractivity contribution in [2.24, 2.45) is 17.8 Å². The van der Waals surface area contributed by atoms with E-state index in [9.17, 15) is 13.2 Å². The van der Waals surface area contributed by atoms with Crippen LogP contribution in [0.4, 0.5) is 18.9 Å². The van der Waals surface area contributed by atoms with E-state index < -0.39 is 11.9 Å². The zero-order valence-corrected chi connectivity index (χ0v) is 16.6. The number of nitrogens with zero attached hydrogens (tertiary/aromatic N) is 3. The number of anilines is 1. The van der Waals surface area contributed by atoms with Gasteiger partial charge in [0.15, 0.2) is 11.7 Å². The van der Waals surface area contributed by atoms with Crippen molar-refractivity contribution in [3.05, 3.63) is 46.8 Å². The molecule has 142 valence electrons. The summed E-state index contributed by atoms with van der Waals surface area (Å²) in [6, 6.07) is 5.96. The Balaban J connectivity index is 0.00000243. The molecular formula is C17H21F3IN5. The third-order valence-corrected chi connectivity index (χ3v) is 4.25. The van der Waals surface area contributed by atoms with Crippen LogP contribution in [0.2, 0.25) is 0 Å². The Kier molecular flexibility index (Phi) is 6.53. The van der Waals surface area contributed by atoms with E-state index in [0.717, 1.165) is 29.6 Å². The Bertz CT molecular complexity index is 798. The lowest BCUT2D eigenvalue weighted by Crippen LogP contribution is -2.24. The molecule has 0 bridgehead atoms. The van der Waals surface area contributed by atoms with Crippen LogP contribution in [-0.4, -0.2) is 15.7 Å². The molecule has 0 fully saturated rings. The van der Waals surface area contributed by atoms with Crippen LogP contribution in [0.5, 0.6) is 0 Å². The van der Waals surface area contributed by atoms with Crippen LogP contribution >= 0.6 is 24.0 Å². The molecule has 0 saturated carbocycles. The molecule has 1 aliphatic rings.